The average molecular weight is 223 g/mol. The van der Waals surface area contributed by atoms with E-state index in [0.29, 0.717) is 6.61 Å². The van der Waals surface area contributed by atoms with Gasteiger partial charge in [-0.25, -0.2) is 0 Å². The topological polar surface area (TPSA) is 44.5 Å². The number of methoxy groups -OCH3 is 1. The first-order chi connectivity index (χ1) is 7.63. The van der Waals surface area contributed by atoms with Gasteiger partial charge in [0.05, 0.1) is 6.10 Å². The summed E-state index contributed by atoms with van der Waals surface area (Å²) in [6, 6.07) is 7.97. The van der Waals surface area contributed by atoms with Gasteiger partial charge in [-0.1, -0.05) is 12.1 Å². The first-order valence-corrected chi connectivity index (χ1v) is 5.64. The standard InChI is InChI=1S/C13H21NO2/c1-10(7-8-15-3)16-13-6-4-5-12(9-13)11(2)14/h4-6,9-11H,7-8,14H2,1-3H3. The van der Waals surface area contributed by atoms with E-state index in [9.17, 15) is 0 Å². The molecule has 2 atom stereocenters. The highest BCUT2D eigenvalue weighted by molar-refractivity contribution is 5.30. The summed E-state index contributed by atoms with van der Waals surface area (Å²) in [6.45, 7) is 4.72. The van der Waals surface area contributed by atoms with Crippen molar-refractivity contribution in [2.75, 3.05) is 13.7 Å². The minimum absolute atomic E-state index is 0.0397. The summed E-state index contributed by atoms with van der Waals surface area (Å²) in [7, 11) is 1.70. The van der Waals surface area contributed by atoms with Crippen molar-refractivity contribution in [3.05, 3.63) is 29.8 Å². The number of ether oxygens (including phenoxy) is 2. The normalized spacial score (nSPS) is 14.5. The Kier molecular flexibility index (Phi) is 5.29. The molecule has 2 unspecified atom stereocenters. The highest BCUT2D eigenvalue weighted by Gasteiger charge is 2.05. The Morgan fingerprint density at radius 3 is 2.69 bits per heavy atom. The van der Waals surface area contributed by atoms with Gasteiger partial charge in [0, 0.05) is 26.2 Å². The Balaban J connectivity index is 2.56. The lowest BCUT2D eigenvalue weighted by atomic mass is 10.1. The third kappa shape index (κ3) is 4.21. The largest absolute Gasteiger partial charge is 0.491 e. The molecule has 90 valence electrons. The van der Waals surface area contributed by atoms with Gasteiger partial charge in [0.1, 0.15) is 5.75 Å². The van der Waals surface area contributed by atoms with E-state index in [1.54, 1.807) is 7.11 Å². The van der Waals surface area contributed by atoms with Gasteiger partial charge >= 0.3 is 0 Å². The summed E-state index contributed by atoms with van der Waals surface area (Å²) < 4.78 is 10.8. The van der Waals surface area contributed by atoms with Crippen LogP contribution in [0.25, 0.3) is 0 Å². The highest BCUT2D eigenvalue weighted by atomic mass is 16.5. The molecule has 1 rings (SSSR count). The number of nitrogens with two attached hydrogens (primary N) is 1. The molecule has 0 bridgehead atoms. The van der Waals surface area contributed by atoms with Crippen LogP contribution >= 0.6 is 0 Å². The average Bonchev–Trinajstić information content (AvgIpc) is 2.26. The molecule has 0 aliphatic rings. The van der Waals surface area contributed by atoms with Crippen molar-refractivity contribution in [1.29, 1.82) is 0 Å². The van der Waals surface area contributed by atoms with Crippen molar-refractivity contribution < 1.29 is 9.47 Å². The van der Waals surface area contributed by atoms with Crippen LogP contribution in [-0.4, -0.2) is 19.8 Å². The van der Waals surface area contributed by atoms with Crippen molar-refractivity contribution in [1.82, 2.24) is 0 Å². The Bertz CT molecular complexity index is 313. The minimum atomic E-state index is 0.0397. The Morgan fingerprint density at radius 2 is 2.06 bits per heavy atom. The number of rotatable bonds is 6. The zero-order valence-corrected chi connectivity index (χ0v) is 10.3. The summed E-state index contributed by atoms with van der Waals surface area (Å²) in [5.41, 5.74) is 6.91. The summed E-state index contributed by atoms with van der Waals surface area (Å²) in [4.78, 5) is 0. The highest BCUT2D eigenvalue weighted by Crippen LogP contribution is 2.19. The lowest BCUT2D eigenvalue weighted by Crippen LogP contribution is -2.14. The van der Waals surface area contributed by atoms with Crippen LogP contribution in [-0.2, 0) is 4.74 Å². The van der Waals surface area contributed by atoms with Crippen LogP contribution in [0, 0.1) is 0 Å². The van der Waals surface area contributed by atoms with E-state index in [-0.39, 0.29) is 12.1 Å². The van der Waals surface area contributed by atoms with Crippen LogP contribution in [0.15, 0.2) is 24.3 Å². The van der Waals surface area contributed by atoms with E-state index in [1.165, 1.54) is 0 Å². The fraction of sp³-hybridized carbons (Fsp3) is 0.538. The monoisotopic (exact) mass is 223 g/mol. The summed E-state index contributed by atoms with van der Waals surface area (Å²) in [5, 5.41) is 0. The van der Waals surface area contributed by atoms with Crippen molar-refractivity contribution in [3.63, 3.8) is 0 Å². The molecule has 1 aromatic rings. The number of hydrogen-bond acceptors (Lipinski definition) is 3. The van der Waals surface area contributed by atoms with E-state index in [2.05, 4.69) is 0 Å². The molecule has 0 aliphatic heterocycles. The minimum Gasteiger partial charge on any atom is -0.491 e. The molecule has 3 heteroatoms. The van der Waals surface area contributed by atoms with E-state index >= 15 is 0 Å². The summed E-state index contributed by atoms with van der Waals surface area (Å²) >= 11 is 0. The molecule has 2 N–H and O–H groups in total. The molecule has 0 aromatic heterocycles. The maximum atomic E-state index is 5.82. The van der Waals surface area contributed by atoms with Crippen LogP contribution in [0.2, 0.25) is 0 Å². The third-order valence-corrected chi connectivity index (χ3v) is 2.45. The summed E-state index contributed by atoms with van der Waals surface area (Å²) in [6.07, 6.45) is 1.04. The fourth-order valence-electron chi connectivity index (χ4n) is 1.45. The predicted octanol–water partition coefficient (Wildman–Crippen LogP) is 2.51. The molecule has 0 saturated heterocycles. The van der Waals surface area contributed by atoms with Crippen LogP contribution in [0.4, 0.5) is 0 Å². The molecule has 0 heterocycles. The molecule has 0 amide bonds. The Morgan fingerprint density at radius 1 is 1.31 bits per heavy atom. The fourth-order valence-corrected chi connectivity index (χ4v) is 1.45. The molecule has 0 aliphatic carbocycles. The third-order valence-electron chi connectivity index (χ3n) is 2.45. The van der Waals surface area contributed by atoms with Gasteiger partial charge in [0.2, 0.25) is 0 Å². The zero-order valence-electron chi connectivity index (χ0n) is 10.3. The van der Waals surface area contributed by atoms with Crippen molar-refractivity contribution in [2.45, 2.75) is 32.4 Å². The van der Waals surface area contributed by atoms with E-state index in [4.69, 9.17) is 15.2 Å². The Hall–Kier alpha value is -1.06. The maximum absolute atomic E-state index is 5.82. The molecule has 16 heavy (non-hydrogen) atoms. The molecule has 0 spiro atoms. The molecule has 0 radical (unpaired) electrons. The first kappa shape index (κ1) is 13.0. The van der Waals surface area contributed by atoms with E-state index < -0.39 is 0 Å². The van der Waals surface area contributed by atoms with Crippen molar-refractivity contribution in [3.8, 4) is 5.75 Å². The number of benzene rings is 1. The van der Waals surface area contributed by atoms with Gasteiger partial charge in [-0.2, -0.15) is 0 Å². The second-order valence-corrected chi connectivity index (χ2v) is 4.07. The van der Waals surface area contributed by atoms with Gasteiger partial charge in [-0.05, 0) is 31.5 Å². The summed E-state index contributed by atoms with van der Waals surface area (Å²) in [5.74, 6) is 0.874. The van der Waals surface area contributed by atoms with Gasteiger partial charge in [0.25, 0.3) is 0 Å². The van der Waals surface area contributed by atoms with Gasteiger partial charge in [0.15, 0.2) is 0 Å². The predicted molar refractivity (Wildman–Crippen MR) is 65.6 cm³/mol. The molecule has 0 saturated carbocycles. The van der Waals surface area contributed by atoms with Crippen LogP contribution < -0.4 is 10.5 Å². The van der Waals surface area contributed by atoms with Crippen LogP contribution in [0.5, 0.6) is 5.75 Å². The molecular weight excluding hydrogens is 202 g/mol. The molecule has 3 nitrogen and oxygen atoms in total. The van der Waals surface area contributed by atoms with Crippen LogP contribution in [0.1, 0.15) is 31.9 Å². The molecule has 0 fully saturated rings. The van der Waals surface area contributed by atoms with Crippen molar-refractivity contribution >= 4 is 0 Å². The van der Waals surface area contributed by atoms with Crippen LogP contribution in [0.3, 0.4) is 0 Å². The second kappa shape index (κ2) is 6.51. The number of hydrogen-bond donors (Lipinski definition) is 1. The smallest absolute Gasteiger partial charge is 0.120 e. The van der Waals surface area contributed by atoms with Crippen molar-refractivity contribution in [2.24, 2.45) is 5.73 Å². The lowest BCUT2D eigenvalue weighted by Gasteiger charge is -2.15. The quantitative estimate of drug-likeness (QED) is 0.806. The Labute approximate surface area is 97.6 Å². The zero-order chi connectivity index (χ0) is 12.0. The van der Waals surface area contributed by atoms with Gasteiger partial charge in [-0.3, -0.25) is 0 Å². The first-order valence-electron chi connectivity index (χ1n) is 5.64. The lowest BCUT2D eigenvalue weighted by molar-refractivity contribution is 0.135. The molecule has 1 aromatic carbocycles. The SMILES string of the molecule is COCCC(C)Oc1cccc(C(C)N)c1. The van der Waals surface area contributed by atoms with E-state index in [1.807, 2.05) is 38.1 Å². The second-order valence-electron chi connectivity index (χ2n) is 4.07. The van der Waals surface area contributed by atoms with Gasteiger partial charge < -0.3 is 15.2 Å². The maximum Gasteiger partial charge on any atom is 0.120 e. The molecular formula is C13H21NO2. The van der Waals surface area contributed by atoms with E-state index in [0.717, 1.165) is 17.7 Å². The van der Waals surface area contributed by atoms with Gasteiger partial charge in [-0.15, -0.1) is 0 Å².